The second kappa shape index (κ2) is 6.26. The fourth-order valence-corrected chi connectivity index (χ4v) is 4.25. The largest absolute Gasteiger partial charge is 0.379 e. The van der Waals surface area contributed by atoms with Crippen LogP contribution in [0.4, 0.5) is 4.39 Å². The molecule has 1 saturated heterocycles. The smallest absolute Gasteiger partial charge is 0.264 e. The van der Waals surface area contributed by atoms with Crippen molar-refractivity contribution in [3.8, 4) is 0 Å². The van der Waals surface area contributed by atoms with Gasteiger partial charge in [0.05, 0.1) is 28.3 Å². The Morgan fingerprint density at radius 3 is 2.57 bits per heavy atom. The summed E-state index contributed by atoms with van der Waals surface area (Å²) in [5, 5.41) is 1.29. The summed E-state index contributed by atoms with van der Waals surface area (Å²) in [4.78, 5) is 11.2. The molecule has 1 unspecified atom stereocenters. The number of benzene rings is 1. The van der Waals surface area contributed by atoms with E-state index in [1.54, 1.807) is 0 Å². The third-order valence-electron chi connectivity index (χ3n) is 2.87. The van der Waals surface area contributed by atoms with Crippen molar-refractivity contribution in [1.82, 2.24) is 5.32 Å². The van der Waals surface area contributed by atoms with Crippen LogP contribution in [-0.2, 0) is 13.8 Å². The van der Waals surface area contributed by atoms with E-state index in [9.17, 15) is 17.6 Å². The highest BCUT2D eigenvalue weighted by molar-refractivity contribution is 8.14. The molecule has 1 aromatic carbocycles. The Labute approximate surface area is 134 Å². The number of carbonyl (C=O) groups excluding carboxylic acids is 1. The van der Waals surface area contributed by atoms with E-state index in [0.29, 0.717) is 19.6 Å². The summed E-state index contributed by atoms with van der Waals surface area (Å²) in [6, 6.07) is 0.518. The fraction of sp³-hybridized carbons (Fsp3) is 0.364. The van der Waals surface area contributed by atoms with Gasteiger partial charge in [-0.25, -0.2) is 12.8 Å². The van der Waals surface area contributed by atoms with Crippen LogP contribution in [0, 0.1) is 5.82 Å². The summed E-state index contributed by atoms with van der Waals surface area (Å²) in [6.07, 6.45) is 0.597. The molecular weight excluding hydrogens is 368 g/mol. The number of nitrogens with one attached hydrogen (secondary N) is 1. The molecule has 0 spiro atoms. The lowest BCUT2D eigenvalue weighted by Crippen LogP contribution is -2.35. The number of carbonyl (C=O) groups is 1. The van der Waals surface area contributed by atoms with Crippen LogP contribution >= 0.6 is 33.9 Å². The molecule has 1 atom stereocenters. The predicted octanol–water partition coefficient (Wildman–Crippen LogP) is 2.58. The van der Waals surface area contributed by atoms with Gasteiger partial charge in [0.2, 0.25) is 0 Å². The SMILES string of the molecule is O=C(NC1CCOC1)c1cc(F)c(Cl)c(S(=O)(=O)Cl)c1Cl. The van der Waals surface area contributed by atoms with Crippen molar-refractivity contribution in [3.63, 3.8) is 0 Å². The molecule has 1 N–H and O–H groups in total. The van der Waals surface area contributed by atoms with Gasteiger partial charge in [-0.2, -0.15) is 0 Å². The van der Waals surface area contributed by atoms with Crippen molar-refractivity contribution >= 4 is 48.8 Å². The molecule has 1 aliphatic heterocycles. The zero-order chi connectivity index (χ0) is 15.8. The van der Waals surface area contributed by atoms with Crippen molar-refractivity contribution in [2.75, 3.05) is 13.2 Å². The first-order valence-corrected chi connectivity index (χ1v) is 8.79. The van der Waals surface area contributed by atoms with Crippen molar-refractivity contribution < 1.29 is 22.3 Å². The highest BCUT2D eigenvalue weighted by atomic mass is 35.7. The van der Waals surface area contributed by atoms with Gasteiger partial charge in [0.25, 0.3) is 15.0 Å². The van der Waals surface area contributed by atoms with E-state index in [1.807, 2.05) is 0 Å². The van der Waals surface area contributed by atoms with E-state index in [2.05, 4.69) is 5.32 Å². The Balaban J connectivity index is 2.44. The van der Waals surface area contributed by atoms with Crippen molar-refractivity contribution in [2.45, 2.75) is 17.4 Å². The second-order valence-corrected chi connectivity index (χ2v) is 7.59. The molecule has 1 amide bonds. The zero-order valence-electron chi connectivity index (χ0n) is 10.3. The molecule has 1 aromatic rings. The van der Waals surface area contributed by atoms with Crippen LogP contribution in [0.25, 0.3) is 0 Å². The van der Waals surface area contributed by atoms with Gasteiger partial charge in [0.15, 0.2) is 0 Å². The molecule has 1 fully saturated rings. The quantitative estimate of drug-likeness (QED) is 0.650. The predicted molar refractivity (Wildman–Crippen MR) is 76.1 cm³/mol. The Morgan fingerprint density at radius 2 is 2.05 bits per heavy atom. The van der Waals surface area contributed by atoms with E-state index >= 15 is 0 Å². The summed E-state index contributed by atoms with van der Waals surface area (Å²) in [5.74, 6) is -1.83. The molecule has 0 radical (unpaired) electrons. The first-order chi connectivity index (χ1) is 9.71. The first-order valence-electron chi connectivity index (χ1n) is 5.72. The van der Waals surface area contributed by atoms with Crippen molar-refractivity contribution in [2.24, 2.45) is 0 Å². The number of ether oxygens (including phenoxy) is 1. The maximum Gasteiger partial charge on any atom is 0.264 e. The summed E-state index contributed by atoms with van der Waals surface area (Å²) >= 11 is 11.4. The molecular formula is C11H9Cl3FNO4S. The molecule has 2 rings (SSSR count). The normalized spacial score (nSPS) is 18.8. The maximum atomic E-state index is 13.7. The van der Waals surface area contributed by atoms with Gasteiger partial charge in [0.1, 0.15) is 10.7 Å². The second-order valence-electron chi connectivity index (χ2n) is 4.33. The topological polar surface area (TPSA) is 72.5 Å². The van der Waals surface area contributed by atoms with E-state index in [0.717, 1.165) is 6.07 Å². The number of amides is 1. The van der Waals surface area contributed by atoms with Gasteiger partial charge in [-0.3, -0.25) is 4.79 Å². The standard InChI is InChI=1S/C11H9Cl3FNO4S/c12-8-6(11(17)16-5-1-2-20-4-5)3-7(15)9(13)10(8)21(14,18)19/h3,5H,1-2,4H2,(H,16,17). The van der Waals surface area contributed by atoms with Gasteiger partial charge < -0.3 is 10.1 Å². The average molecular weight is 377 g/mol. The Hall–Kier alpha value is -0.600. The highest BCUT2D eigenvalue weighted by Gasteiger charge is 2.28. The van der Waals surface area contributed by atoms with E-state index in [-0.39, 0.29) is 11.6 Å². The number of hydrogen-bond acceptors (Lipinski definition) is 4. The number of hydrogen-bond donors (Lipinski definition) is 1. The van der Waals surface area contributed by atoms with E-state index in [4.69, 9.17) is 38.6 Å². The molecule has 116 valence electrons. The number of halogens is 4. The Kier molecular flexibility index (Phi) is 4.99. The van der Waals surface area contributed by atoms with Crippen LogP contribution < -0.4 is 5.32 Å². The summed E-state index contributed by atoms with van der Waals surface area (Å²) < 4.78 is 41.6. The summed E-state index contributed by atoms with van der Waals surface area (Å²) in [7, 11) is 0.767. The van der Waals surface area contributed by atoms with Crippen molar-refractivity contribution in [1.29, 1.82) is 0 Å². The third kappa shape index (κ3) is 3.60. The molecule has 0 bridgehead atoms. The van der Waals surface area contributed by atoms with Crippen LogP contribution in [0.15, 0.2) is 11.0 Å². The Morgan fingerprint density at radius 1 is 1.38 bits per heavy atom. The maximum absolute atomic E-state index is 13.7. The summed E-state index contributed by atoms with van der Waals surface area (Å²) in [6.45, 7) is 0.815. The molecule has 1 heterocycles. The minimum Gasteiger partial charge on any atom is -0.379 e. The van der Waals surface area contributed by atoms with Crippen LogP contribution in [0.2, 0.25) is 10.0 Å². The number of rotatable bonds is 3. The third-order valence-corrected chi connectivity index (χ3v) is 5.21. The van der Waals surface area contributed by atoms with Gasteiger partial charge in [0, 0.05) is 17.3 Å². The molecule has 1 aliphatic rings. The molecule has 0 aliphatic carbocycles. The lowest BCUT2D eigenvalue weighted by atomic mass is 10.1. The molecule has 0 aromatic heterocycles. The van der Waals surface area contributed by atoms with Gasteiger partial charge in [-0.1, -0.05) is 23.2 Å². The Bertz CT molecular complexity index is 689. The lowest BCUT2D eigenvalue weighted by molar-refractivity contribution is 0.0929. The van der Waals surface area contributed by atoms with Crippen LogP contribution in [0.3, 0.4) is 0 Å². The molecule has 0 saturated carbocycles. The zero-order valence-corrected chi connectivity index (χ0v) is 13.4. The lowest BCUT2D eigenvalue weighted by Gasteiger charge is -2.13. The molecule has 10 heteroatoms. The van der Waals surface area contributed by atoms with E-state index in [1.165, 1.54) is 0 Å². The van der Waals surface area contributed by atoms with Crippen LogP contribution in [0.1, 0.15) is 16.8 Å². The fourth-order valence-electron chi connectivity index (χ4n) is 1.87. The van der Waals surface area contributed by atoms with Crippen molar-refractivity contribution in [3.05, 3.63) is 27.5 Å². The van der Waals surface area contributed by atoms with Gasteiger partial charge in [-0.15, -0.1) is 0 Å². The van der Waals surface area contributed by atoms with E-state index < -0.39 is 35.7 Å². The monoisotopic (exact) mass is 375 g/mol. The highest BCUT2D eigenvalue weighted by Crippen LogP contribution is 2.36. The molecule has 5 nitrogen and oxygen atoms in total. The van der Waals surface area contributed by atoms with Crippen LogP contribution in [-0.4, -0.2) is 33.6 Å². The van der Waals surface area contributed by atoms with Gasteiger partial charge in [-0.05, 0) is 12.5 Å². The van der Waals surface area contributed by atoms with Gasteiger partial charge >= 0.3 is 0 Å². The average Bonchev–Trinajstić information content (AvgIpc) is 2.85. The molecule has 21 heavy (non-hydrogen) atoms. The minimum absolute atomic E-state index is 0.247. The minimum atomic E-state index is -4.41. The summed E-state index contributed by atoms with van der Waals surface area (Å²) in [5.41, 5.74) is -0.357. The first kappa shape index (κ1) is 16.8. The van der Waals surface area contributed by atoms with Crippen LogP contribution in [0.5, 0.6) is 0 Å².